The monoisotopic (exact) mass is 725 g/mol. The van der Waals surface area contributed by atoms with E-state index in [9.17, 15) is 29.1 Å². The van der Waals surface area contributed by atoms with E-state index in [0.29, 0.717) is 12.0 Å². The first-order valence-corrected chi connectivity index (χ1v) is 17.6. The Morgan fingerprint density at radius 3 is 2.02 bits per heavy atom. The van der Waals surface area contributed by atoms with Crippen LogP contribution in [-0.4, -0.2) is 72.9 Å². The van der Waals surface area contributed by atoms with Crippen LogP contribution in [0.25, 0.3) is 11.1 Å². The van der Waals surface area contributed by atoms with Gasteiger partial charge in [0.05, 0.1) is 12.5 Å². The van der Waals surface area contributed by atoms with Gasteiger partial charge in [0.2, 0.25) is 11.8 Å². The third-order valence-corrected chi connectivity index (χ3v) is 8.73. The summed E-state index contributed by atoms with van der Waals surface area (Å²) in [5.74, 6) is -4.00. The van der Waals surface area contributed by atoms with Gasteiger partial charge in [0.25, 0.3) is 0 Å². The van der Waals surface area contributed by atoms with Gasteiger partial charge >= 0.3 is 18.0 Å². The van der Waals surface area contributed by atoms with Crippen LogP contribution in [0.4, 0.5) is 4.79 Å². The smallest absolute Gasteiger partial charge is 0.407 e. The highest BCUT2D eigenvalue weighted by Crippen LogP contribution is 2.44. The molecule has 0 bridgehead atoms. The minimum Gasteiger partial charge on any atom is -0.461 e. The summed E-state index contributed by atoms with van der Waals surface area (Å²) in [6.45, 7) is 7.99. The number of nitrogens with one attached hydrogen (secondary N) is 3. The molecule has 0 unspecified atom stereocenters. The van der Waals surface area contributed by atoms with E-state index in [4.69, 9.17) is 14.2 Å². The predicted octanol–water partition coefficient (Wildman–Crippen LogP) is 4.71. The maximum Gasteiger partial charge on any atom is 0.407 e. The second-order valence-corrected chi connectivity index (χ2v) is 12.7. The number of aliphatic hydroxyl groups excluding tert-OH is 1. The van der Waals surface area contributed by atoms with Crippen molar-refractivity contribution in [1.82, 2.24) is 16.0 Å². The molecule has 4 rings (SSSR count). The molecule has 0 aromatic heterocycles. The number of allylic oxidation sites excluding steroid dienone is 2. The molecule has 3 aromatic carbocycles. The van der Waals surface area contributed by atoms with Gasteiger partial charge in [0.1, 0.15) is 25.9 Å². The van der Waals surface area contributed by atoms with Gasteiger partial charge in [-0.15, -0.1) is 13.2 Å². The maximum absolute atomic E-state index is 13.4. The van der Waals surface area contributed by atoms with Crippen molar-refractivity contribution in [3.63, 3.8) is 0 Å². The Morgan fingerprint density at radius 2 is 1.40 bits per heavy atom. The molecular weight excluding hydrogens is 678 g/mol. The van der Waals surface area contributed by atoms with Crippen LogP contribution in [0.5, 0.6) is 0 Å². The van der Waals surface area contributed by atoms with Crippen LogP contribution in [0.2, 0.25) is 0 Å². The number of hydrogen-bond acceptors (Lipinski definition) is 9. The average molecular weight is 726 g/mol. The normalized spacial score (nSPS) is 13.8. The Kier molecular flexibility index (Phi) is 15.4. The first-order chi connectivity index (χ1) is 25.6. The van der Waals surface area contributed by atoms with Gasteiger partial charge in [0, 0.05) is 18.4 Å². The number of benzene rings is 3. The third-order valence-electron chi connectivity index (χ3n) is 8.73. The fourth-order valence-corrected chi connectivity index (χ4v) is 5.96. The van der Waals surface area contributed by atoms with Crippen molar-refractivity contribution in [2.75, 3.05) is 19.8 Å². The quantitative estimate of drug-likeness (QED) is 0.0732. The number of aliphatic hydroxyl groups is 1. The zero-order valence-corrected chi connectivity index (χ0v) is 29.8. The topological polar surface area (TPSA) is 169 Å². The molecular formula is C41H47N3O9. The molecule has 0 spiro atoms. The molecule has 0 saturated heterocycles. The maximum atomic E-state index is 13.4. The second-order valence-electron chi connectivity index (χ2n) is 12.7. The lowest BCUT2D eigenvalue weighted by atomic mass is 9.98. The van der Waals surface area contributed by atoms with E-state index in [-0.39, 0.29) is 45.0 Å². The van der Waals surface area contributed by atoms with Crippen molar-refractivity contribution in [1.29, 1.82) is 0 Å². The van der Waals surface area contributed by atoms with E-state index in [2.05, 4.69) is 29.1 Å². The van der Waals surface area contributed by atoms with Crippen molar-refractivity contribution >= 4 is 29.8 Å². The number of fused-ring (bicyclic) bond motifs is 3. The van der Waals surface area contributed by atoms with Gasteiger partial charge < -0.3 is 35.3 Å². The minimum atomic E-state index is -1.45. The van der Waals surface area contributed by atoms with Gasteiger partial charge in [-0.1, -0.05) is 91.0 Å². The fourth-order valence-electron chi connectivity index (χ4n) is 5.96. The molecule has 3 aromatic rings. The zero-order valence-electron chi connectivity index (χ0n) is 29.8. The number of alkyl carbamates (subject to hydrolysis) is 1. The van der Waals surface area contributed by atoms with E-state index in [1.54, 1.807) is 37.3 Å². The summed E-state index contributed by atoms with van der Waals surface area (Å²) in [4.78, 5) is 65.7. The Hall–Kier alpha value is -5.75. The van der Waals surface area contributed by atoms with Crippen LogP contribution < -0.4 is 16.0 Å². The average Bonchev–Trinajstić information content (AvgIpc) is 3.49. The Balaban J connectivity index is 1.42. The summed E-state index contributed by atoms with van der Waals surface area (Å²) in [5, 5.41) is 17.0. The van der Waals surface area contributed by atoms with Crippen molar-refractivity contribution in [3.8, 4) is 11.1 Å². The summed E-state index contributed by atoms with van der Waals surface area (Å²) < 4.78 is 16.6. The molecule has 53 heavy (non-hydrogen) atoms. The number of rotatable bonds is 20. The summed E-state index contributed by atoms with van der Waals surface area (Å²) in [6, 6.07) is 21.6. The highest BCUT2D eigenvalue weighted by atomic mass is 16.6. The number of carbonyl (C=O) groups is 5. The molecule has 0 fully saturated rings. The van der Waals surface area contributed by atoms with Crippen LogP contribution in [0.1, 0.15) is 55.2 Å². The van der Waals surface area contributed by atoms with Crippen LogP contribution >= 0.6 is 0 Å². The highest BCUT2D eigenvalue weighted by molar-refractivity contribution is 5.90. The number of carbonyl (C=O) groups excluding carboxylic acids is 5. The van der Waals surface area contributed by atoms with Crippen LogP contribution in [-0.2, 0) is 40.0 Å². The molecule has 0 saturated carbocycles. The van der Waals surface area contributed by atoms with Gasteiger partial charge in [-0.3, -0.25) is 9.59 Å². The molecule has 1 aliphatic rings. The lowest BCUT2D eigenvalue weighted by Crippen LogP contribution is -2.49. The van der Waals surface area contributed by atoms with Crippen LogP contribution in [0.3, 0.4) is 0 Å². The first kappa shape index (κ1) is 40.0. The summed E-state index contributed by atoms with van der Waals surface area (Å²) in [5.41, 5.74) is 4.91. The SMILES string of the molecule is C=CCC[C@H](NC(=O)OCC1c2ccccc2-c2ccccc21)C(=O)OC[C@@H](NC(=O)[C@H](CC=C)CC(=O)N[C@H](C)CO)C(=O)OCc1ccccc1. The Labute approximate surface area is 309 Å². The molecule has 280 valence electrons. The Bertz CT molecular complexity index is 1700. The molecule has 4 N–H and O–H groups in total. The number of amides is 3. The van der Waals surface area contributed by atoms with Crippen molar-refractivity contribution in [3.05, 3.63) is 121 Å². The van der Waals surface area contributed by atoms with Crippen molar-refractivity contribution < 1.29 is 43.3 Å². The Morgan fingerprint density at radius 1 is 0.774 bits per heavy atom. The lowest BCUT2D eigenvalue weighted by Gasteiger charge is -2.23. The van der Waals surface area contributed by atoms with Crippen molar-refractivity contribution in [2.24, 2.45) is 5.92 Å². The van der Waals surface area contributed by atoms with Crippen LogP contribution in [0.15, 0.2) is 104 Å². The molecule has 12 nitrogen and oxygen atoms in total. The van der Waals surface area contributed by atoms with Gasteiger partial charge in [-0.25, -0.2) is 14.4 Å². The molecule has 4 atom stereocenters. The lowest BCUT2D eigenvalue weighted by molar-refractivity contribution is -0.156. The van der Waals surface area contributed by atoms with E-state index < -0.39 is 60.5 Å². The number of hydrogen-bond donors (Lipinski definition) is 4. The summed E-state index contributed by atoms with van der Waals surface area (Å²) in [7, 11) is 0. The first-order valence-electron chi connectivity index (χ1n) is 17.6. The highest BCUT2D eigenvalue weighted by Gasteiger charge is 2.32. The minimum absolute atomic E-state index is 0.0350. The van der Waals surface area contributed by atoms with Crippen LogP contribution in [0, 0.1) is 5.92 Å². The van der Waals surface area contributed by atoms with Crippen molar-refractivity contribution in [2.45, 2.75) is 63.3 Å². The summed E-state index contributed by atoms with van der Waals surface area (Å²) >= 11 is 0. The largest absolute Gasteiger partial charge is 0.461 e. The van der Waals surface area contributed by atoms with E-state index >= 15 is 0 Å². The molecule has 1 aliphatic carbocycles. The standard InChI is InChI=1S/C41H47N3O9/c1-4-6-21-35(44-41(50)53-25-34-32-19-12-10-17-30(32)31-18-11-13-20-33(31)34)39(48)52-26-36(40(49)51-24-28-15-8-7-9-16-28)43-38(47)29(14-5-2)22-37(46)42-27(3)23-45/h4-5,7-13,15-20,27,29,34-36,45H,1-2,6,14,21-26H2,3H3,(H,42,46)(H,43,47)(H,44,50)/t27-,29-,35+,36-/m1/s1. The van der Waals surface area contributed by atoms with Gasteiger partial charge in [0.15, 0.2) is 6.04 Å². The molecule has 0 aliphatic heterocycles. The zero-order chi connectivity index (χ0) is 38.2. The molecule has 12 heteroatoms. The van der Waals surface area contributed by atoms with E-state index in [1.807, 2.05) is 54.6 Å². The molecule has 0 radical (unpaired) electrons. The van der Waals surface area contributed by atoms with Gasteiger partial charge in [-0.2, -0.15) is 0 Å². The second kappa shape index (κ2) is 20.3. The third kappa shape index (κ3) is 11.6. The molecule has 3 amide bonds. The number of esters is 2. The molecule has 0 heterocycles. The predicted molar refractivity (Wildman–Crippen MR) is 198 cm³/mol. The summed E-state index contributed by atoms with van der Waals surface area (Å²) in [6.07, 6.45) is 2.56. The fraction of sp³-hybridized carbons (Fsp3) is 0.341. The van der Waals surface area contributed by atoms with E-state index in [1.165, 1.54) is 6.08 Å². The number of ether oxygens (including phenoxy) is 3. The van der Waals surface area contributed by atoms with Gasteiger partial charge in [-0.05, 0) is 54.0 Å². The van der Waals surface area contributed by atoms with E-state index in [0.717, 1.165) is 22.3 Å².